The number of morpholine rings is 1. The predicted octanol–water partition coefficient (Wildman–Crippen LogP) is 2.26. The summed E-state index contributed by atoms with van der Waals surface area (Å²) >= 11 is 6.25. The van der Waals surface area contributed by atoms with Gasteiger partial charge in [0.25, 0.3) is 0 Å². The van der Waals surface area contributed by atoms with E-state index in [1.54, 1.807) is 12.1 Å². The molecule has 1 heterocycles. The van der Waals surface area contributed by atoms with Gasteiger partial charge in [-0.15, -0.1) is 0 Å². The summed E-state index contributed by atoms with van der Waals surface area (Å²) in [5, 5.41) is 12.1. The number of hydrogen-bond donors (Lipinski definition) is 1. The topological polar surface area (TPSA) is 63.5 Å². The number of rotatable bonds is 7. The second-order valence-electron chi connectivity index (χ2n) is 4.81. The summed E-state index contributed by atoms with van der Waals surface area (Å²) in [7, 11) is 0. The highest BCUT2D eigenvalue weighted by Gasteiger charge is 2.14. The molecule has 1 aliphatic heterocycles. The second-order valence-corrected chi connectivity index (χ2v) is 5.22. The Morgan fingerprint density at radius 3 is 2.82 bits per heavy atom. The lowest BCUT2D eigenvalue weighted by Crippen LogP contribution is -2.38. The molecule has 1 saturated heterocycles. The molecule has 0 unspecified atom stereocenters. The number of halogens is 1. The van der Waals surface area contributed by atoms with Crippen LogP contribution in [-0.4, -0.2) is 62.4 Å². The lowest BCUT2D eigenvalue weighted by Gasteiger charge is -2.26. The van der Waals surface area contributed by atoms with Crippen molar-refractivity contribution in [3.05, 3.63) is 22.7 Å². The fourth-order valence-electron chi connectivity index (χ4n) is 2.23. The van der Waals surface area contributed by atoms with Crippen LogP contribution in [0.15, 0.2) is 17.3 Å². The van der Waals surface area contributed by atoms with Crippen LogP contribution in [0.5, 0.6) is 11.5 Å². The molecule has 0 atom stereocenters. The van der Waals surface area contributed by atoms with E-state index in [2.05, 4.69) is 10.1 Å². The van der Waals surface area contributed by atoms with Crippen molar-refractivity contribution in [1.82, 2.24) is 4.90 Å². The molecule has 0 amide bonds. The van der Waals surface area contributed by atoms with Gasteiger partial charge in [0, 0.05) is 25.2 Å². The van der Waals surface area contributed by atoms with Crippen molar-refractivity contribution < 1.29 is 19.4 Å². The van der Waals surface area contributed by atoms with E-state index in [4.69, 9.17) is 31.0 Å². The van der Waals surface area contributed by atoms with Gasteiger partial charge in [-0.25, -0.2) is 0 Å². The van der Waals surface area contributed by atoms with Crippen molar-refractivity contribution in [2.75, 3.05) is 46.1 Å². The minimum absolute atomic E-state index is 0.433. The largest absolute Gasteiger partial charge is 0.490 e. The van der Waals surface area contributed by atoms with Gasteiger partial charge in [0.05, 0.1) is 31.1 Å². The first-order chi connectivity index (χ1) is 10.7. The average molecular weight is 329 g/mol. The van der Waals surface area contributed by atoms with E-state index in [1.807, 2.05) is 6.92 Å². The summed E-state index contributed by atoms with van der Waals surface area (Å²) in [4.78, 5) is 2.28. The fraction of sp³-hybridized carbons (Fsp3) is 0.533. The molecule has 122 valence electrons. The molecule has 0 saturated carbocycles. The maximum atomic E-state index is 8.62. The third-order valence-electron chi connectivity index (χ3n) is 3.30. The maximum absolute atomic E-state index is 8.62. The number of nitrogens with zero attached hydrogens (tertiary/aromatic N) is 2. The molecule has 0 aromatic heterocycles. The van der Waals surface area contributed by atoms with Gasteiger partial charge in [0.2, 0.25) is 0 Å². The number of ether oxygens (including phenoxy) is 3. The first-order valence-electron chi connectivity index (χ1n) is 7.31. The van der Waals surface area contributed by atoms with E-state index in [0.29, 0.717) is 35.3 Å². The zero-order chi connectivity index (χ0) is 15.8. The molecule has 6 nitrogen and oxygen atoms in total. The summed E-state index contributed by atoms with van der Waals surface area (Å²) in [6.45, 7) is 7.08. The van der Waals surface area contributed by atoms with Gasteiger partial charge in [-0.1, -0.05) is 16.8 Å². The minimum Gasteiger partial charge on any atom is -0.490 e. The molecule has 7 heteroatoms. The van der Waals surface area contributed by atoms with Gasteiger partial charge in [0.15, 0.2) is 11.5 Å². The summed E-state index contributed by atoms with van der Waals surface area (Å²) < 4.78 is 16.7. The van der Waals surface area contributed by atoms with Gasteiger partial charge in [0.1, 0.15) is 6.61 Å². The number of hydrogen-bond acceptors (Lipinski definition) is 6. The van der Waals surface area contributed by atoms with Crippen molar-refractivity contribution in [3.8, 4) is 11.5 Å². The fourth-order valence-corrected chi connectivity index (χ4v) is 2.51. The van der Waals surface area contributed by atoms with Crippen molar-refractivity contribution in [2.45, 2.75) is 6.92 Å². The third-order valence-corrected chi connectivity index (χ3v) is 3.58. The maximum Gasteiger partial charge on any atom is 0.179 e. The second kappa shape index (κ2) is 8.82. The van der Waals surface area contributed by atoms with Gasteiger partial charge in [-0.05, 0) is 19.1 Å². The normalized spacial score (nSPS) is 16.1. The molecule has 2 rings (SSSR count). The average Bonchev–Trinajstić information content (AvgIpc) is 2.51. The monoisotopic (exact) mass is 328 g/mol. The van der Waals surface area contributed by atoms with Gasteiger partial charge in [-0.3, -0.25) is 4.90 Å². The molecule has 1 fully saturated rings. The highest BCUT2D eigenvalue weighted by Crippen LogP contribution is 2.36. The van der Waals surface area contributed by atoms with Crippen LogP contribution in [0.25, 0.3) is 0 Å². The van der Waals surface area contributed by atoms with Gasteiger partial charge >= 0.3 is 0 Å². The van der Waals surface area contributed by atoms with E-state index >= 15 is 0 Å². The molecule has 1 N–H and O–H groups in total. The molecule has 0 spiro atoms. The van der Waals surface area contributed by atoms with Crippen LogP contribution in [0.3, 0.4) is 0 Å². The van der Waals surface area contributed by atoms with Crippen LogP contribution in [0.1, 0.15) is 12.5 Å². The smallest absolute Gasteiger partial charge is 0.179 e. The highest BCUT2D eigenvalue weighted by molar-refractivity contribution is 6.32. The Bertz CT molecular complexity index is 505. The lowest BCUT2D eigenvalue weighted by atomic mass is 10.2. The minimum atomic E-state index is 0.433. The first-order valence-corrected chi connectivity index (χ1v) is 7.69. The van der Waals surface area contributed by atoms with Gasteiger partial charge < -0.3 is 19.4 Å². The molecule has 1 aromatic carbocycles. The Labute approximate surface area is 135 Å². The Kier molecular flexibility index (Phi) is 6.76. The number of oxime groups is 1. The van der Waals surface area contributed by atoms with Crippen LogP contribution < -0.4 is 9.47 Å². The van der Waals surface area contributed by atoms with Crippen LogP contribution in [0.4, 0.5) is 0 Å². The highest BCUT2D eigenvalue weighted by atomic mass is 35.5. The Morgan fingerprint density at radius 2 is 2.14 bits per heavy atom. The van der Waals surface area contributed by atoms with Crippen LogP contribution in [0, 0.1) is 0 Å². The van der Waals surface area contributed by atoms with E-state index in [1.165, 1.54) is 6.21 Å². The summed E-state index contributed by atoms with van der Waals surface area (Å²) in [6, 6.07) is 3.41. The van der Waals surface area contributed by atoms with E-state index < -0.39 is 0 Å². The Hall–Kier alpha value is -1.50. The van der Waals surface area contributed by atoms with Crippen LogP contribution >= 0.6 is 11.6 Å². The molecule has 0 bridgehead atoms. The molecule has 1 aromatic rings. The standard InChI is InChI=1S/C15H21ClN2O4/c1-2-21-14-10-12(11-17-19)9-13(16)15(14)22-8-5-18-3-6-20-7-4-18/h9-11,19H,2-8H2,1H3. The Balaban J connectivity index is 2.01. The van der Waals surface area contributed by atoms with Crippen molar-refractivity contribution >= 4 is 17.8 Å². The molecular formula is C15H21ClN2O4. The third kappa shape index (κ3) is 4.76. The zero-order valence-electron chi connectivity index (χ0n) is 12.6. The van der Waals surface area contributed by atoms with Crippen molar-refractivity contribution in [1.29, 1.82) is 0 Å². The van der Waals surface area contributed by atoms with E-state index in [0.717, 1.165) is 32.8 Å². The molecule has 1 aliphatic rings. The van der Waals surface area contributed by atoms with Crippen molar-refractivity contribution in [2.24, 2.45) is 5.16 Å². The van der Waals surface area contributed by atoms with E-state index in [-0.39, 0.29) is 0 Å². The summed E-state index contributed by atoms with van der Waals surface area (Å²) in [6.07, 6.45) is 1.30. The zero-order valence-corrected chi connectivity index (χ0v) is 13.4. The SMILES string of the molecule is CCOc1cc(C=NO)cc(Cl)c1OCCN1CCOCC1. The molecule has 22 heavy (non-hydrogen) atoms. The first kappa shape index (κ1) is 16.9. The lowest BCUT2D eigenvalue weighted by molar-refractivity contribution is 0.0321. The molecule has 0 aliphatic carbocycles. The van der Waals surface area contributed by atoms with Crippen LogP contribution in [-0.2, 0) is 4.74 Å². The molecule has 0 radical (unpaired) electrons. The summed E-state index contributed by atoms with van der Waals surface area (Å²) in [5.74, 6) is 1.07. The number of benzene rings is 1. The Morgan fingerprint density at radius 1 is 1.36 bits per heavy atom. The predicted molar refractivity (Wildman–Crippen MR) is 84.8 cm³/mol. The quantitative estimate of drug-likeness (QED) is 0.472. The van der Waals surface area contributed by atoms with Crippen molar-refractivity contribution in [3.63, 3.8) is 0 Å². The van der Waals surface area contributed by atoms with Gasteiger partial charge in [-0.2, -0.15) is 0 Å². The van der Waals surface area contributed by atoms with Crippen LogP contribution in [0.2, 0.25) is 5.02 Å². The van der Waals surface area contributed by atoms with E-state index in [9.17, 15) is 0 Å². The summed E-state index contributed by atoms with van der Waals surface area (Å²) in [5.41, 5.74) is 0.650. The molecular weight excluding hydrogens is 308 g/mol.